The Morgan fingerprint density at radius 2 is 2.06 bits per heavy atom. The van der Waals surface area contributed by atoms with Gasteiger partial charge < -0.3 is 15.2 Å². The first-order valence-corrected chi connectivity index (χ1v) is 5.71. The second-order valence-electron chi connectivity index (χ2n) is 4.09. The minimum atomic E-state index is -0.438. The summed E-state index contributed by atoms with van der Waals surface area (Å²) >= 11 is 0. The molecule has 1 aromatic rings. The van der Waals surface area contributed by atoms with Crippen LogP contribution in [0, 0.1) is 10.1 Å². The van der Waals surface area contributed by atoms with Crippen molar-refractivity contribution in [2.75, 3.05) is 13.7 Å². The molecule has 6 nitrogen and oxygen atoms in total. The van der Waals surface area contributed by atoms with E-state index in [0.717, 1.165) is 0 Å². The smallest absolute Gasteiger partial charge is 0.276 e. The molecule has 18 heavy (non-hydrogen) atoms. The van der Waals surface area contributed by atoms with Crippen molar-refractivity contribution < 1.29 is 14.4 Å². The lowest BCUT2D eigenvalue weighted by molar-refractivity contribution is -0.385. The van der Waals surface area contributed by atoms with Crippen molar-refractivity contribution in [3.05, 3.63) is 27.8 Å². The molecule has 0 aliphatic rings. The van der Waals surface area contributed by atoms with Crippen LogP contribution >= 0.6 is 0 Å². The molecule has 0 fully saturated rings. The molecule has 6 heteroatoms. The molecule has 0 radical (unpaired) electrons. The average Bonchev–Trinajstić information content (AvgIpc) is 2.28. The highest BCUT2D eigenvalue weighted by molar-refractivity contribution is 5.54. The third-order valence-corrected chi connectivity index (χ3v) is 2.34. The van der Waals surface area contributed by atoms with Crippen LogP contribution in [0.5, 0.6) is 11.5 Å². The van der Waals surface area contributed by atoms with Crippen LogP contribution in [-0.4, -0.2) is 24.7 Å². The number of nitro benzene ring substituents is 1. The van der Waals surface area contributed by atoms with Gasteiger partial charge in [0, 0.05) is 5.56 Å². The Balaban J connectivity index is 3.26. The predicted molar refractivity (Wildman–Crippen MR) is 68.2 cm³/mol. The third kappa shape index (κ3) is 3.33. The molecule has 2 N–H and O–H groups in total. The van der Waals surface area contributed by atoms with Crippen molar-refractivity contribution in [3.8, 4) is 11.5 Å². The van der Waals surface area contributed by atoms with Gasteiger partial charge in [0.25, 0.3) is 5.69 Å². The van der Waals surface area contributed by atoms with Crippen molar-refractivity contribution in [2.45, 2.75) is 26.4 Å². The monoisotopic (exact) mass is 254 g/mol. The molecule has 0 amide bonds. The van der Waals surface area contributed by atoms with E-state index >= 15 is 0 Å². The van der Waals surface area contributed by atoms with Gasteiger partial charge in [0.2, 0.25) is 0 Å². The second-order valence-corrected chi connectivity index (χ2v) is 4.09. The van der Waals surface area contributed by atoms with Gasteiger partial charge in [-0.2, -0.15) is 0 Å². The zero-order valence-corrected chi connectivity index (χ0v) is 10.8. The highest BCUT2D eigenvalue weighted by Gasteiger charge is 2.19. The molecule has 1 aromatic carbocycles. The van der Waals surface area contributed by atoms with Crippen LogP contribution in [0.15, 0.2) is 12.1 Å². The molecular weight excluding hydrogens is 236 g/mol. The molecule has 0 aromatic heterocycles. The van der Waals surface area contributed by atoms with Gasteiger partial charge >= 0.3 is 0 Å². The van der Waals surface area contributed by atoms with Crippen LogP contribution in [0.4, 0.5) is 5.69 Å². The van der Waals surface area contributed by atoms with Gasteiger partial charge in [-0.3, -0.25) is 10.1 Å². The predicted octanol–water partition coefficient (Wildman–Crippen LogP) is 1.89. The molecule has 1 rings (SSSR count). The van der Waals surface area contributed by atoms with Crippen molar-refractivity contribution in [1.82, 2.24) is 0 Å². The fraction of sp³-hybridized carbons (Fsp3) is 0.500. The van der Waals surface area contributed by atoms with Crippen LogP contribution in [0.1, 0.15) is 19.4 Å². The quantitative estimate of drug-likeness (QED) is 0.618. The number of nitrogens with zero attached hydrogens (tertiary/aromatic N) is 1. The lowest BCUT2D eigenvalue weighted by atomic mass is 10.1. The lowest BCUT2D eigenvalue weighted by Gasteiger charge is -2.14. The van der Waals surface area contributed by atoms with E-state index in [2.05, 4.69) is 0 Å². The topological polar surface area (TPSA) is 87.6 Å². The largest absolute Gasteiger partial charge is 0.493 e. The number of nitro groups is 1. The SMILES string of the molecule is COc1cc([N+](=O)[O-])c(CCN)cc1OC(C)C. The Bertz CT molecular complexity index is 432. The highest BCUT2D eigenvalue weighted by Crippen LogP contribution is 2.35. The lowest BCUT2D eigenvalue weighted by Crippen LogP contribution is -2.10. The van der Waals surface area contributed by atoms with Gasteiger partial charge in [-0.05, 0) is 32.9 Å². The number of methoxy groups -OCH3 is 1. The molecule has 100 valence electrons. The zero-order chi connectivity index (χ0) is 13.7. The molecule has 0 saturated carbocycles. The number of benzene rings is 1. The third-order valence-electron chi connectivity index (χ3n) is 2.34. The van der Waals surface area contributed by atoms with Crippen molar-refractivity contribution >= 4 is 5.69 Å². The van der Waals surface area contributed by atoms with E-state index in [9.17, 15) is 10.1 Å². The van der Waals surface area contributed by atoms with E-state index < -0.39 is 4.92 Å². The zero-order valence-electron chi connectivity index (χ0n) is 10.8. The fourth-order valence-electron chi connectivity index (χ4n) is 1.62. The summed E-state index contributed by atoms with van der Waals surface area (Å²) in [5.41, 5.74) is 6.02. The Morgan fingerprint density at radius 1 is 1.39 bits per heavy atom. The molecule has 0 bridgehead atoms. The summed E-state index contributed by atoms with van der Waals surface area (Å²) < 4.78 is 10.7. The molecule has 0 atom stereocenters. The standard InChI is InChI=1S/C12H18N2O4/c1-8(2)18-12-6-9(4-5-13)10(14(15)16)7-11(12)17-3/h6-8H,4-5,13H2,1-3H3. The normalized spacial score (nSPS) is 10.5. The number of nitrogens with two attached hydrogens (primary N) is 1. The van der Waals surface area contributed by atoms with Crippen molar-refractivity contribution in [1.29, 1.82) is 0 Å². The maximum absolute atomic E-state index is 11.0. The Hall–Kier alpha value is -1.82. The van der Waals surface area contributed by atoms with E-state index in [1.165, 1.54) is 13.2 Å². The number of hydrogen-bond acceptors (Lipinski definition) is 5. The summed E-state index contributed by atoms with van der Waals surface area (Å²) in [6, 6.07) is 3.01. The van der Waals surface area contributed by atoms with Crippen LogP contribution in [0.25, 0.3) is 0 Å². The molecule has 0 aliphatic heterocycles. The minimum Gasteiger partial charge on any atom is -0.493 e. The van der Waals surface area contributed by atoms with Gasteiger partial charge in [0.05, 0.1) is 24.2 Å². The Morgan fingerprint density at radius 3 is 2.50 bits per heavy atom. The van der Waals surface area contributed by atoms with Gasteiger partial charge in [0.15, 0.2) is 11.5 Å². The van der Waals surface area contributed by atoms with Gasteiger partial charge in [-0.1, -0.05) is 0 Å². The average molecular weight is 254 g/mol. The Kier molecular flexibility index (Phi) is 4.91. The summed E-state index contributed by atoms with van der Waals surface area (Å²) in [5, 5.41) is 11.0. The maximum Gasteiger partial charge on any atom is 0.276 e. The first-order valence-electron chi connectivity index (χ1n) is 5.71. The molecule has 0 aliphatic carbocycles. The second kappa shape index (κ2) is 6.20. The number of rotatable bonds is 6. The van der Waals surface area contributed by atoms with Crippen LogP contribution < -0.4 is 15.2 Å². The van der Waals surface area contributed by atoms with Crippen LogP contribution in [0.2, 0.25) is 0 Å². The Labute approximate surface area is 106 Å². The van der Waals surface area contributed by atoms with Gasteiger partial charge in [0.1, 0.15) is 0 Å². The summed E-state index contributed by atoms with van der Waals surface area (Å²) in [6.45, 7) is 4.10. The van der Waals surface area contributed by atoms with E-state index in [4.69, 9.17) is 15.2 Å². The maximum atomic E-state index is 11.0. The van der Waals surface area contributed by atoms with E-state index in [1.807, 2.05) is 13.8 Å². The molecule has 0 unspecified atom stereocenters. The number of hydrogen-bond donors (Lipinski definition) is 1. The van der Waals surface area contributed by atoms with E-state index in [1.54, 1.807) is 6.07 Å². The van der Waals surface area contributed by atoms with Crippen LogP contribution in [-0.2, 0) is 6.42 Å². The van der Waals surface area contributed by atoms with Gasteiger partial charge in [-0.15, -0.1) is 0 Å². The number of ether oxygens (including phenoxy) is 2. The molecule has 0 heterocycles. The van der Waals surface area contributed by atoms with Crippen LogP contribution in [0.3, 0.4) is 0 Å². The molecular formula is C12H18N2O4. The van der Waals surface area contributed by atoms with E-state index in [-0.39, 0.29) is 11.8 Å². The highest BCUT2D eigenvalue weighted by atomic mass is 16.6. The summed E-state index contributed by atoms with van der Waals surface area (Å²) in [7, 11) is 1.45. The fourth-order valence-corrected chi connectivity index (χ4v) is 1.62. The summed E-state index contributed by atoms with van der Waals surface area (Å²) in [4.78, 5) is 10.5. The van der Waals surface area contributed by atoms with Crippen molar-refractivity contribution in [2.24, 2.45) is 5.73 Å². The summed E-state index contributed by atoms with van der Waals surface area (Å²) in [6.07, 6.45) is 0.389. The first kappa shape index (κ1) is 14.2. The van der Waals surface area contributed by atoms with Gasteiger partial charge in [-0.25, -0.2) is 0 Å². The van der Waals surface area contributed by atoms with Crippen molar-refractivity contribution in [3.63, 3.8) is 0 Å². The molecule has 0 saturated heterocycles. The summed E-state index contributed by atoms with van der Waals surface area (Å²) in [5.74, 6) is 0.859. The minimum absolute atomic E-state index is 0.00778. The molecule has 0 spiro atoms. The first-order chi connectivity index (χ1) is 8.49. The van der Waals surface area contributed by atoms with E-state index in [0.29, 0.717) is 30.0 Å².